The van der Waals surface area contributed by atoms with Gasteiger partial charge >= 0.3 is 5.97 Å². The summed E-state index contributed by atoms with van der Waals surface area (Å²) in [7, 11) is 0. The minimum Gasteiger partial charge on any atom is -0.464 e. The summed E-state index contributed by atoms with van der Waals surface area (Å²) in [5.74, 6) is 0.472. The Morgan fingerprint density at radius 3 is 1.77 bits per heavy atom. The van der Waals surface area contributed by atoms with Gasteiger partial charge in [-0.2, -0.15) is 0 Å². The summed E-state index contributed by atoms with van der Waals surface area (Å²) < 4.78 is 5.35. The monoisotopic (exact) mass is 426 g/mol. The number of rotatable bonds is 9. The second-order valence-electron chi connectivity index (χ2n) is 8.98. The van der Waals surface area contributed by atoms with E-state index >= 15 is 0 Å². The Labute approximate surface area is 182 Å². The van der Waals surface area contributed by atoms with Crippen molar-refractivity contribution in [1.29, 1.82) is 0 Å². The third-order valence-electron chi connectivity index (χ3n) is 5.07. The van der Waals surface area contributed by atoms with Crippen molar-refractivity contribution < 1.29 is 19.1 Å². The summed E-state index contributed by atoms with van der Waals surface area (Å²) in [6, 6.07) is 0. The maximum atomic E-state index is 12.3. The van der Waals surface area contributed by atoms with Crippen molar-refractivity contribution in [2.45, 2.75) is 34.6 Å². The molecule has 0 radical (unpaired) electrons. The number of hydrogen-bond donors (Lipinski definition) is 1. The van der Waals surface area contributed by atoms with E-state index in [1.165, 1.54) is 0 Å². The largest absolute Gasteiger partial charge is 0.464 e. The van der Waals surface area contributed by atoms with Crippen LogP contribution >= 0.6 is 0 Å². The zero-order valence-electron chi connectivity index (χ0n) is 19.6. The first-order chi connectivity index (χ1) is 14.2. The van der Waals surface area contributed by atoms with Gasteiger partial charge in [-0.05, 0) is 12.8 Å². The Morgan fingerprint density at radius 2 is 1.30 bits per heavy atom. The standard InChI is InChI=1S/C22H42N4O4/c1-18(2)17-30-22(29)16-25-9-7-23-6-8-24(14-20(5)27)10-12-26(13-11-25)15-21(28)19(3)4/h18-19,23H,6-17H2,1-5H3. The van der Waals surface area contributed by atoms with E-state index in [-0.39, 0.29) is 30.0 Å². The SMILES string of the molecule is CC(=O)CN1CCNCCN(CC(=O)OCC(C)C)CCN(CC(=O)C(C)C)CC1. The summed E-state index contributed by atoms with van der Waals surface area (Å²) in [5, 5.41) is 3.40. The molecule has 1 saturated heterocycles. The summed E-state index contributed by atoms with van der Waals surface area (Å²) in [5.41, 5.74) is 0. The minimum atomic E-state index is -0.201. The molecular formula is C22H42N4O4. The van der Waals surface area contributed by atoms with E-state index in [0.717, 1.165) is 39.3 Å². The third-order valence-corrected chi connectivity index (χ3v) is 5.07. The number of Topliss-reactive ketones (excluding diaryl/α,β-unsaturated/α-hetero) is 2. The molecule has 30 heavy (non-hydrogen) atoms. The second kappa shape index (κ2) is 14.6. The Kier molecular flexibility index (Phi) is 13.0. The zero-order valence-corrected chi connectivity index (χ0v) is 19.6. The molecule has 1 heterocycles. The van der Waals surface area contributed by atoms with Gasteiger partial charge in [0.05, 0.1) is 26.2 Å². The van der Waals surface area contributed by atoms with E-state index < -0.39 is 0 Å². The lowest BCUT2D eigenvalue weighted by Crippen LogP contribution is -2.47. The summed E-state index contributed by atoms with van der Waals surface area (Å²) in [4.78, 5) is 42.5. The van der Waals surface area contributed by atoms with Crippen LogP contribution in [0, 0.1) is 11.8 Å². The number of carbonyl (C=O) groups is 3. The van der Waals surface area contributed by atoms with E-state index in [9.17, 15) is 14.4 Å². The van der Waals surface area contributed by atoms with Crippen LogP contribution < -0.4 is 5.32 Å². The molecule has 174 valence electrons. The third kappa shape index (κ3) is 12.4. The van der Waals surface area contributed by atoms with Gasteiger partial charge in [0, 0.05) is 58.3 Å². The van der Waals surface area contributed by atoms with Crippen LogP contribution in [0.5, 0.6) is 0 Å². The topological polar surface area (TPSA) is 82.2 Å². The molecular weight excluding hydrogens is 384 g/mol. The number of hydrogen-bond acceptors (Lipinski definition) is 8. The van der Waals surface area contributed by atoms with Crippen molar-refractivity contribution in [2.24, 2.45) is 11.8 Å². The Balaban J connectivity index is 2.75. The molecule has 0 unspecified atom stereocenters. The van der Waals surface area contributed by atoms with Crippen LogP contribution in [0.2, 0.25) is 0 Å². The van der Waals surface area contributed by atoms with Crippen molar-refractivity contribution >= 4 is 17.5 Å². The number of esters is 1. The molecule has 1 rings (SSSR count). The summed E-state index contributed by atoms with van der Waals surface area (Å²) >= 11 is 0. The van der Waals surface area contributed by atoms with E-state index in [2.05, 4.69) is 20.0 Å². The van der Waals surface area contributed by atoms with Crippen LogP contribution in [0.25, 0.3) is 0 Å². The van der Waals surface area contributed by atoms with Gasteiger partial charge in [0.1, 0.15) is 11.6 Å². The van der Waals surface area contributed by atoms with Gasteiger partial charge in [0.15, 0.2) is 0 Å². The van der Waals surface area contributed by atoms with E-state index in [0.29, 0.717) is 38.7 Å². The van der Waals surface area contributed by atoms with Gasteiger partial charge in [0.25, 0.3) is 0 Å². The lowest BCUT2D eigenvalue weighted by atomic mass is 10.1. The zero-order chi connectivity index (χ0) is 22.5. The fourth-order valence-corrected chi connectivity index (χ4v) is 3.18. The van der Waals surface area contributed by atoms with Crippen molar-refractivity contribution in [3.63, 3.8) is 0 Å². The van der Waals surface area contributed by atoms with Crippen LogP contribution in [0.15, 0.2) is 0 Å². The molecule has 0 atom stereocenters. The normalized spacial score (nSPS) is 18.8. The first-order valence-corrected chi connectivity index (χ1v) is 11.2. The van der Waals surface area contributed by atoms with Crippen molar-refractivity contribution in [3.05, 3.63) is 0 Å². The average Bonchev–Trinajstić information content (AvgIpc) is 2.65. The number of ketones is 2. The molecule has 0 aromatic carbocycles. The molecule has 0 aromatic heterocycles. The lowest BCUT2D eigenvalue weighted by Gasteiger charge is -2.31. The van der Waals surface area contributed by atoms with Crippen molar-refractivity contribution in [1.82, 2.24) is 20.0 Å². The summed E-state index contributed by atoms with van der Waals surface area (Å²) in [6.07, 6.45) is 0. The Hall–Kier alpha value is -1.35. The highest BCUT2D eigenvalue weighted by atomic mass is 16.5. The minimum absolute atomic E-state index is 0.00831. The van der Waals surface area contributed by atoms with Gasteiger partial charge in [-0.3, -0.25) is 29.1 Å². The van der Waals surface area contributed by atoms with Crippen molar-refractivity contribution in [3.8, 4) is 0 Å². The van der Waals surface area contributed by atoms with Gasteiger partial charge < -0.3 is 10.1 Å². The van der Waals surface area contributed by atoms with Gasteiger partial charge in [-0.15, -0.1) is 0 Å². The van der Waals surface area contributed by atoms with Gasteiger partial charge in [-0.25, -0.2) is 0 Å². The molecule has 1 aliphatic rings. The molecule has 1 fully saturated rings. The van der Waals surface area contributed by atoms with Crippen LogP contribution in [0.3, 0.4) is 0 Å². The van der Waals surface area contributed by atoms with Crippen LogP contribution in [-0.4, -0.2) is 111 Å². The van der Waals surface area contributed by atoms with Crippen LogP contribution in [-0.2, 0) is 19.1 Å². The van der Waals surface area contributed by atoms with E-state index in [4.69, 9.17) is 4.74 Å². The lowest BCUT2D eigenvalue weighted by molar-refractivity contribution is -0.146. The van der Waals surface area contributed by atoms with E-state index in [1.807, 2.05) is 27.7 Å². The van der Waals surface area contributed by atoms with Gasteiger partial charge in [-0.1, -0.05) is 27.7 Å². The van der Waals surface area contributed by atoms with Crippen molar-refractivity contribution in [2.75, 3.05) is 78.6 Å². The number of carbonyl (C=O) groups excluding carboxylic acids is 3. The fourth-order valence-electron chi connectivity index (χ4n) is 3.18. The molecule has 8 nitrogen and oxygen atoms in total. The Bertz CT molecular complexity index is 539. The van der Waals surface area contributed by atoms with Crippen LogP contribution in [0.4, 0.5) is 0 Å². The second-order valence-corrected chi connectivity index (χ2v) is 8.98. The average molecular weight is 427 g/mol. The molecule has 0 aliphatic carbocycles. The van der Waals surface area contributed by atoms with Crippen LogP contribution in [0.1, 0.15) is 34.6 Å². The molecule has 0 bridgehead atoms. The predicted octanol–water partition coefficient (Wildman–Crippen LogP) is 0.509. The molecule has 0 amide bonds. The smallest absolute Gasteiger partial charge is 0.320 e. The number of nitrogens with zero attached hydrogens (tertiary/aromatic N) is 3. The predicted molar refractivity (Wildman–Crippen MR) is 119 cm³/mol. The quantitative estimate of drug-likeness (QED) is 0.534. The first-order valence-electron chi connectivity index (χ1n) is 11.2. The highest BCUT2D eigenvalue weighted by Crippen LogP contribution is 2.02. The molecule has 1 N–H and O–H groups in total. The maximum Gasteiger partial charge on any atom is 0.320 e. The van der Waals surface area contributed by atoms with Gasteiger partial charge in [0.2, 0.25) is 0 Å². The molecule has 8 heteroatoms. The molecule has 1 aliphatic heterocycles. The van der Waals surface area contributed by atoms with E-state index in [1.54, 1.807) is 6.92 Å². The first kappa shape index (κ1) is 26.7. The summed E-state index contributed by atoms with van der Waals surface area (Å²) in [6.45, 7) is 16.9. The number of nitrogens with one attached hydrogen (secondary N) is 1. The maximum absolute atomic E-state index is 12.3. The molecule has 0 aromatic rings. The highest BCUT2D eigenvalue weighted by Gasteiger charge is 2.19. The fraction of sp³-hybridized carbons (Fsp3) is 0.864. The Morgan fingerprint density at radius 1 is 0.800 bits per heavy atom. The molecule has 0 saturated carbocycles. The number of ether oxygens (including phenoxy) is 1. The molecule has 0 spiro atoms. The highest BCUT2D eigenvalue weighted by molar-refractivity contribution is 5.82.